The van der Waals surface area contributed by atoms with Crippen LogP contribution >= 0.6 is 0 Å². The summed E-state index contributed by atoms with van der Waals surface area (Å²) in [6.45, 7) is 0. The van der Waals surface area contributed by atoms with Crippen LogP contribution in [0.5, 0.6) is 0 Å². The molecule has 0 atom stereocenters. The molecule has 0 fully saturated rings. The maximum absolute atomic E-state index is 7.33. The summed E-state index contributed by atoms with van der Waals surface area (Å²) in [6, 6.07) is 0. The van der Waals surface area contributed by atoms with Gasteiger partial charge in [0.25, 0.3) is 0 Å². The van der Waals surface area contributed by atoms with Gasteiger partial charge < -0.3 is 57.5 Å². The van der Waals surface area contributed by atoms with Crippen molar-refractivity contribution in [3.8, 4) is 0 Å². The average Bonchev–Trinajstić information content (AvgIpc) is 1.41. The van der Waals surface area contributed by atoms with Gasteiger partial charge in [-0.15, -0.1) is 0 Å². The molecule has 0 saturated heterocycles. The van der Waals surface area contributed by atoms with Gasteiger partial charge in [0.2, 0.25) is 0 Å². The van der Waals surface area contributed by atoms with Crippen LogP contribution in [0.15, 0.2) is 0 Å². The third kappa shape index (κ3) is 329. The Hall–Kier alpha value is 5.08. The van der Waals surface area contributed by atoms with E-state index in [-0.39, 0.29) is 154 Å². The summed E-state index contributed by atoms with van der Waals surface area (Å²) in [6.07, 6.45) is 0. The molecule has 0 aromatic carbocycles. The van der Waals surface area contributed by atoms with Crippen LogP contribution in [-0.2, 0) is 0 Å². The molecule has 0 heterocycles. The molecule has 0 aliphatic carbocycles. The summed E-state index contributed by atoms with van der Waals surface area (Å²) in [5, 5.41) is 0. The van der Waals surface area contributed by atoms with E-state index >= 15 is 0 Å². The molecule has 18 heavy (non-hydrogen) atoms. The van der Waals surface area contributed by atoms with Crippen molar-refractivity contribution in [2.24, 2.45) is 0 Å². The zero-order valence-corrected chi connectivity index (χ0v) is 9.87. The predicted molar refractivity (Wildman–Crippen MR) is 65.3 cm³/mol. The molecule has 0 aromatic rings. The summed E-state index contributed by atoms with van der Waals surface area (Å²) in [7, 11) is -13.8. The van der Waals surface area contributed by atoms with Crippen molar-refractivity contribution in [3.63, 3.8) is 0 Å². The van der Waals surface area contributed by atoms with Crippen molar-refractivity contribution < 1.29 is 57.5 Å². The zero-order chi connectivity index (χ0) is 13.5. The Labute approximate surface area is 232 Å². The molecule has 0 spiro atoms. The molecule has 0 bridgehead atoms. The van der Waals surface area contributed by atoms with Crippen molar-refractivity contribution in [1.29, 1.82) is 0 Å². The van der Waals surface area contributed by atoms with Crippen molar-refractivity contribution in [1.82, 2.24) is 0 Å². The quantitative estimate of drug-likeness (QED) is 0.167. The Morgan fingerprint density at radius 3 is 0.278 bits per heavy atom. The zero-order valence-electron chi connectivity index (χ0n) is 6.87. The fourth-order valence-corrected chi connectivity index (χ4v) is 0. The molecule has 0 unspecified atom stereocenters. The van der Waals surface area contributed by atoms with Crippen molar-refractivity contribution in [3.05, 3.63) is 0 Å². The van der Waals surface area contributed by atoms with E-state index in [1.807, 2.05) is 0 Å². The molecule has 18 heteroatoms. The Kier molecular flexibility index (Phi) is 39.5. The van der Waals surface area contributed by atoms with E-state index in [2.05, 4.69) is 0 Å². The first kappa shape index (κ1) is 38.6. The van der Waals surface area contributed by atoms with Crippen LogP contribution in [-0.4, -0.2) is 239 Å². The van der Waals surface area contributed by atoms with Crippen LogP contribution in [0.2, 0.25) is 0 Å². The van der Waals surface area contributed by atoms with Crippen molar-refractivity contribution in [2.45, 2.75) is 0 Å². The Balaban J connectivity index is -0.0000000277. The SMILES string of the molecule is O[Si](O)(O)O.O[Si](O)(O)O.O[Si](O)(O)O.[KH].[KH].[KH]. The minimum atomic E-state index is -4.61. The Morgan fingerprint density at radius 2 is 0.278 bits per heavy atom. The fourth-order valence-electron chi connectivity index (χ4n) is 0. The fraction of sp³-hybridized carbons (Fsp3) is 0. The summed E-state index contributed by atoms with van der Waals surface area (Å²) >= 11 is 0. The molecule has 12 nitrogen and oxygen atoms in total. The average molecular weight is 409 g/mol. The Morgan fingerprint density at radius 1 is 0.278 bits per heavy atom. The maximum atomic E-state index is 7.33. The molecule has 12 N–H and O–H groups in total. The predicted octanol–water partition coefficient (Wildman–Crippen LogP) is -9.77. The van der Waals surface area contributed by atoms with Gasteiger partial charge in [0, 0.05) is 0 Å². The first-order valence-electron chi connectivity index (χ1n) is 2.68. The third-order valence-electron chi connectivity index (χ3n) is 0. The van der Waals surface area contributed by atoms with E-state index in [9.17, 15) is 0 Å². The molecule has 0 radical (unpaired) electrons. The van der Waals surface area contributed by atoms with Gasteiger partial charge in [0.05, 0.1) is 0 Å². The van der Waals surface area contributed by atoms with Crippen LogP contribution in [0.25, 0.3) is 0 Å². The van der Waals surface area contributed by atoms with Crippen molar-refractivity contribution >= 4 is 181 Å². The van der Waals surface area contributed by atoms with E-state index in [0.29, 0.717) is 0 Å². The summed E-state index contributed by atoms with van der Waals surface area (Å²) in [5.74, 6) is 0. The van der Waals surface area contributed by atoms with E-state index in [4.69, 9.17) is 57.5 Å². The summed E-state index contributed by atoms with van der Waals surface area (Å²) < 4.78 is 0. The van der Waals surface area contributed by atoms with Crippen LogP contribution in [0, 0.1) is 0 Å². The van der Waals surface area contributed by atoms with Gasteiger partial charge in [0.1, 0.15) is 0 Å². The van der Waals surface area contributed by atoms with Gasteiger partial charge >= 0.3 is 181 Å². The molecule has 102 valence electrons. The van der Waals surface area contributed by atoms with Gasteiger partial charge in [-0.3, -0.25) is 0 Å². The molecule has 0 saturated carbocycles. The molecular weight excluding hydrogens is 394 g/mol. The monoisotopic (exact) mass is 408 g/mol. The molecule has 0 rings (SSSR count). The van der Waals surface area contributed by atoms with Gasteiger partial charge in [-0.2, -0.15) is 0 Å². The van der Waals surface area contributed by atoms with Crippen molar-refractivity contribution in [2.75, 3.05) is 0 Å². The van der Waals surface area contributed by atoms with E-state index in [0.717, 1.165) is 0 Å². The second-order valence-corrected chi connectivity index (χ2v) is 5.40. The number of hydrogen-bond donors (Lipinski definition) is 12. The van der Waals surface area contributed by atoms with Crippen LogP contribution in [0.4, 0.5) is 0 Å². The topological polar surface area (TPSA) is 243 Å². The third-order valence-corrected chi connectivity index (χ3v) is 0. The molecule has 0 aliphatic heterocycles. The first-order valence-corrected chi connectivity index (χ1v) is 8.05. The van der Waals surface area contributed by atoms with Gasteiger partial charge in [-0.25, -0.2) is 0 Å². The van der Waals surface area contributed by atoms with E-state index < -0.39 is 27.1 Å². The Bertz CT molecular complexity index is 97.6. The summed E-state index contributed by atoms with van der Waals surface area (Å²) in [5.41, 5.74) is 0. The van der Waals surface area contributed by atoms with Crippen LogP contribution < -0.4 is 0 Å². The molecular formula is H15K3O12Si3. The standard InChI is InChI=1S/3K.3H4O4Si.3H/c;;;3*1-5(2,3)4;;;/h;;;3*1-4H;;;. The van der Waals surface area contributed by atoms with Gasteiger partial charge in [-0.1, -0.05) is 0 Å². The van der Waals surface area contributed by atoms with Gasteiger partial charge in [-0.05, 0) is 0 Å². The molecule has 0 amide bonds. The first-order chi connectivity index (χ1) is 6.00. The minimum absolute atomic E-state index is 0. The normalized spacial score (nSPS) is 10.0. The second-order valence-electron chi connectivity index (χ2n) is 1.80. The number of rotatable bonds is 0. The number of hydrogen-bond acceptors (Lipinski definition) is 12. The van der Waals surface area contributed by atoms with Gasteiger partial charge in [0.15, 0.2) is 0 Å². The molecule has 0 aliphatic rings. The van der Waals surface area contributed by atoms with E-state index in [1.165, 1.54) is 0 Å². The van der Waals surface area contributed by atoms with Crippen LogP contribution in [0.1, 0.15) is 0 Å². The summed E-state index contributed by atoms with van der Waals surface area (Å²) in [4.78, 5) is 87.9. The second kappa shape index (κ2) is 18.4. The van der Waals surface area contributed by atoms with E-state index in [1.54, 1.807) is 0 Å². The van der Waals surface area contributed by atoms with Crippen LogP contribution in [0.3, 0.4) is 0 Å². The molecule has 0 aromatic heterocycles.